The van der Waals surface area contributed by atoms with Crippen molar-refractivity contribution in [2.24, 2.45) is 0 Å². The highest BCUT2D eigenvalue weighted by molar-refractivity contribution is 5.92. The highest BCUT2D eigenvalue weighted by Gasteiger charge is 2.28. The summed E-state index contributed by atoms with van der Waals surface area (Å²) in [5, 5.41) is 7.13. The maximum Gasteiger partial charge on any atom is 0.269 e. The summed E-state index contributed by atoms with van der Waals surface area (Å²) in [5.41, 5.74) is 1.76. The summed E-state index contributed by atoms with van der Waals surface area (Å²) in [4.78, 5) is 12.1. The minimum absolute atomic E-state index is 0.0525. The van der Waals surface area contributed by atoms with Crippen LogP contribution in [0.25, 0.3) is 0 Å². The lowest BCUT2D eigenvalue weighted by molar-refractivity contribution is 0.0940. The van der Waals surface area contributed by atoms with Crippen LogP contribution in [-0.4, -0.2) is 15.7 Å². The molecule has 3 rings (SSSR count). The third kappa shape index (κ3) is 2.27. The van der Waals surface area contributed by atoms with E-state index >= 15 is 0 Å². The molecule has 1 aliphatic rings. The fourth-order valence-corrected chi connectivity index (χ4v) is 1.97. The number of benzene rings is 1. The largest absolute Gasteiger partial charge is 0.347 e. The van der Waals surface area contributed by atoms with Crippen molar-refractivity contribution in [3.8, 4) is 0 Å². The van der Waals surface area contributed by atoms with E-state index in [2.05, 4.69) is 10.4 Å². The van der Waals surface area contributed by atoms with Crippen LogP contribution in [0.1, 0.15) is 34.9 Å². The van der Waals surface area contributed by atoms with Crippen LogP contribution in [0.3, 0.4) is 0 Å². The third-order valence-corrected chi connectivity index (χ3v) is 3.09. The smallest absolute Gasteiger partial charge is 0.269 e. The van der Waals surface area contributed by atoms with Crippen molar-refractivity contribution >= 4 is 5.91 Å². The van der Waals surface area contributed by atoms with Gasteiger partial charge in [-0.1, -0.05) is 30.3 Å². The first-order valence-electron chi connectivity index (χ1n) is 6.20. The van der Waals surface area contributed by atoms with Crippen LogP contribution in [0.5, 0.6) is 0 Å². The zero-order valence-corrected chi connectivity index (χ0v) is 10.0. The summed E-state index contributed by atoms with van der Waals surface area (Å²) in [6.45, 7) is 0.551. The zero-order valence-electron chi connectivity index (χ0n) is 10.0. The van der Waals surface area contributed by atoms with Crippen molar-refractivity contribution < 1.29 is 4.79 Å². The first kappa shape index (κ1) is 11.0. The topological polar surface area (TPSA) is 46.9 Å². The number of carbonyl (C=O) groups is 1. The van der Waals surface area contributed by atoms with E-state index in [4.69, 9.17) is 0 Å². The predicted octanol–water partition coefficient (Wildman–Crippen LogP) is 2.15. The van der Waals surface area contributed by atoms with Crippen molar-refractivity contribution in [3.63, 3.8) is 0 Å². The summed E-state index contributed by atoms with van der Waals surface area (Å²) in [6.07, 6.45) is 3.94. The van der Waals surface area contributed by atoms with E-state index in [-0.39, 0.29) is 5.91 Å². The van der Waals surface area contributed by atoms with E-state index in [1.807, 2.05) is 35.0 Å². The van der Waals surface area contributed by atoms with Gasteiger partial charge < -0.3 is 5.32 Å². The number of aromatic nitrogens is 2. The van der Waals surface area contributed by atoms with Gasteiger partial charge in [0.15, 0.2) is 0 Å². The van der Waals surface area contributed by atoms with Crippen LogP contribution in [0.4, 0.5) is 0 Å². The summed E-state index contributed by atoms with van der Waals surface area (Å²) < 4.78 is 1.83. The predicted molar refractivity (Wildman–Crippen MR) is 68.1 cm³/mol. The number of amides is 1. The van der Waals surface area contributed by atoms with Crippen molar-refractivity contribution in [2.45, 2.75) is 25.4 Å². The van der Waals surface area contributed by atoms with Gasteiger partial charge in [0.1, 0.15) is 5.69 Å². The molecule has 0 unspecified atom stereocenters. The molecule has 0 saturated heterocycles. The van der Waals surface area contributed by atoms with Gasteiger partial charge in [-0.2, -0.15) is 5.10 Å². The molecule has 1 saturated carbocycles. The maximum absolute atomic E-state index is 12.1. The van der Waals surface area contributed by atoms with E-state index in [9.17, 15) is 4.79 Å². The number of hydrogen-bond donors (Lipinski definition) is 1. The highest BCUT2D eigenvalue weighted by atomic mass is 16.2. The Bertz CT molecular complexity index is 543. The molecule has 1 fully saturated rings. The Morgan fingerprint density at radius 3 is 2.78 bits per heavy atom. The third-order valence-electron chi connectivity index (χ3n) is 3.09. The van der Waals surface area contributed by atoms with Gasteiger partial charge in [-0.25, -0.2) is 0 Å². The number of carbonyl (C=O) groups excluding carboxylic acids is 1. The lowest BCUT2D eigenvalue weighted by atomic mass is 10.2. The first-order chi connectivity index (χ1) is 8.84. The van der Waals surface area contributed by atoms with Crippen LogP contribution in [0.2, 0.25) is 0 Å². The first-order valence-corrected chi connectivity index (χ1v) is 6.20. The van der Waals surface area contributed by atoms with Crippen LogP contribution >= 0.6 is 0 Å². The number of rotatable bonds is 4. The molecular weight excluding hydrogens is 226 g/mol. The van der Waals surface area contributed by atoms with Gasteiger partial charge in [-0.15, -0.1) is 0 Å². The van der Waals surface area contributed by atoms with Gasteiger partial charge >= 0.3 is 0 Å². The quantitative estimate of drug-likeness (QED) is 0.891. The molecule has 1 amide bonds. The molecule has 4 heteroatoms. The summed E-state index contributed by atoms with van der Waals surface area (Å²) in [7, 11) is 0. The van der Waals surface area contributed by atoms with Crippen molar-refractivity contribution in [3.05, 3.63) is 53.9 Å². The molecule has 1 aliphatic carbocycles. The zero-order chi connectivity index (χ0) is 12.4. The highest BCUT2D eigenvalue weighted by Crippen LogP contribution is 2.34. The molecule has 0 bridgehead atoms. The normalized spacial score (nSPS) is 14.4. The van der Waals surface area contributed by atoms with E-state index in [1.165, 1.54) is 0 Å². The second-order valence-corrected chi connectivity index (χ2v) is 4.56. The standard InChI is InChI=1S/C14H15N3O/c18-14(15-10-11-4-2-1-3-5-11)13-8-9-16-17(13)12-6-7-12/h1-5,8-9,12H,6-7,10H2,(H,15,18). The monoisotopic (exact) mass is 241 g/mol. The Hall–Kier alpha value is -2.10. The average molecular weight is 241 g/mol. The average Bonchev–Trinajstić information content (AvgIpc) is 3.14. The van der Waals surface area contributed by atoms with Gasteiger partial charge in [0, 0.05) is 12.7 Å². The molecule has 4 nitrogen and oxygen atoms in total. The summed E-state index contributed by atoms with van der Waals surface area (Å²) >= 11 is 0. The second kappa shape index (κ2) is 4.64. The number of nitrogens with one attached hydrogen (secondary N) is 1. The van der Waals surface area contributed by atoms with Crippen molar-refractivity contribution in [1.82, 2.24) is 15.1 Å². The van der Waals surface area contributed by atoms with Crippen molar-refractivity contribution in [2.75, 3.05) is 0 Å². The minimum Gasteiger partial charge on any atom is -0.347 e. The van der Waals surface area contributed by atoms with Crippen molar-refractivity contribution in [1.29, 1.82) is 0 Å². The SMILES string of the molecule is O=C(NCc1ccccc1)c1ccnn1C1CC1. The second-order valence-electron chi connectivity index (χ2n) is 4.56. The van der Waals surface area contributed by atoms with Gasteiger partial charge in [-0.05, 0) is 24.5 Å². The molecule has 0 spiro atoms. The molecule has 1 aromatic heterocycles. The van der Waals surface area contributed by atoms with Gasteiger partial charge in [0.05, 0.1) is 6.04 Å². The fraction of sp³-hybridized carbons (Fsp3) is 0.286. The number of nitrogens with zero attached hydrogens (tertiary/aromatic N) is 2. The molecule has 1 N–H and O–H groups in total. The fourth-order valence-electron chi connectivity index (χ4n) is 1.97. The Labute approximate surface area is 106 Å². The molecule has 2 aromatic rings. The van der Waals surface area contributed by atoms with Crippen LogP contribution in [0.15, 0.2) is 42.6 Å². The van der Waals surface area contributed by atoms with Gasteiger partial charge in [0.2, 0.25) is 0 Å². The Morgan fingerprint density at radius 2 is 2.06 bits per heavy atom. The lowest BCUT2D eigenvalue weighted by Crippen LogP contribution is -2.25. The molecule has 1 aromatic carbocycles. The summed E-state index contributed by atoms with van der Waals surface area (Å²) in [5.74, 6) is -0.0525. The Kier molecular flexibility index (Phi) is 2.84. The van der Waals surface area contributed by atoms with E-state index in [0.29, 0.717) is 18.3 Å². The molecule has 1 heterocycles. The Balaban J connectivity index is 1.66. The van der Waals surface area contributed by atoms with Gasteiger partial charge in [-0.3, -0.25) is 9.48 Å². The molecule has 0 radical (unpaired) electrons. The van der Waals surface area contributed by atoms with E-state index in [1.54, 1.807) is 12.3 Å². The van der Waals surface area contributed by atoms with E-state index < -0.39 is 0 Å². The molecular formula is C14H15N3O. The van der Waals surface area contributed by atoms with Crippen LogP contribution in [0, 0.1) is 0 Å². The Morgan fingerprint density at radius 1 is 1.28 bits per heavy atom. The number of hydrogen-bond acceptors (Lipinski definition) is 2. The molecule has 0 aliphatic heterocycles. The van der Waals surface area contributed by atoms with Crippen LogP contribution < -0.4 is 5.32 Å². The molecule has 92 valence electrons. The maximum atomic E-state index is 12.1. The lowest BCUT2D eigenvalue weighted by Gasteiger charge is -2.07. The summed E-state index contributed by atoms with van der Waals surface area (Å²) in [6, 6.07) is 12.1. The molecule has 0 atom stereocenters. The minimum atomic E-state index is -0.0525. The van der Waals surface area contributed by atoms with Crippen LogP contribution in [-0.2, 0) is 6.54 Å². The van der Waals surface area contributed by atoms with Gasteiger partial charge in [0.25, 0.3) is 5.91 Å². The molecule has 18 heavy (non-hydrogen) atoms. The van der Waals surface area contributed by atoms with E-state index in [0.717, 1.165) is 18.4 Å².